The van der Waals surface area contributed by atoms with Gasteiger partial charge in [0.15, 0.2) is 5.82 Å². The number of benzene rings is 2. The van der Waals surface area contributed by atoms with Crippen molar-refractivity contribution in [2.75, 3.05) is 12.4 Å². The predicted molar refractivity (Wildman–Crippen MR) is 102 cm³/mol. The molecule has 0 aliphatic carbocycles. The summed E-state index contributed by atoms with van der Waals surface area (Å²) < 4.78 is 46.7. The lowest BCUT2D eigenvalue weighted by molar-refractivity contribution is -0.145. The van der Waals surface area contributed by atoms with Crippen LogP contribution in [0.25, 0.3) is 16.9 Å². The number of imidazole rings is 1. The summed E-state index contributed by atoms with van der Waals surface area (Å²) in [5.74, 6) is -0.171. The Morgan fingerprint density at radius 1 is 1.03 bits per heavy atom. The number of hydrogen-bond donors (Lipinski definition) is 1. The lowest BCUT2D eigenvalue weighted by Gasteiger charge is -2.11. The van der Waals surface area contributed by atoms with Gasteiger partial charge < -0.3 is 10.1 Å². The number of alkyl halides is 3. The molecule has 0 aliphatic rings. The van der Waals surface area contributed by atoms with E-state index in [9.17, 15) is 13.2 Å². The zero-order chi connectivity index (χ0) is 20.4. The number of nitrogens with zero attached hydrogens (tertiary/aromatic N) is 4. The molecular weight excluding hydrogens is 383 g/mol. The van der Waals surface area contributed by atoms with Crippen LogP contribution in [0.1, 0.15) is 11.4 Å². The minimum atomic E-state index is -4.65. The highest BCUT2D eigenvalue weighted by Crippen LogP contribution is 2.34. The van der Waals surface area contributed by atoms with E-state index in [1.165, 1.54) is 31.6 Å². The summed E-state index contributed by atoms with van der Waals surface area (Å²) in [6, 6.07) is 14.2. The zero-order valence-electron chi connectivity index (χ0n) is 15.3. The lowest BCUT2D eigenvalue weighted by atomic mass is 10.2. The zero-order valence-corrected chi connectivity index (χ0v) is 15.3. The van der Waals surface area contributed by atoms with Gasteiger partial charge in [-0.25, -0.2) is 15.0 Å². The van der Waals surface area contributed by atoms with Crippen molar-refractivity contribution in [3.8, 4) is 11.6 Å². The summed E-state index contributed by atoms with van der Waals surface area (Å²) in [6.07, 6.45) is -1.97. The summed E-state index contributed by atoms with van der Waals surface area (Å²) in [5, 5.41) is 3.09. The van der Waals surface area contributed by atoms with Gasteiger partial charge in [0.05, 0.1) is 30.5 Å². The minimum Gasteiger partial charge on any atom is -0.497 e. The molecule has 4 aromatic rings. The molecule has 0 radical (unpaired) electrons. The van der Waals surface area contributed by atoms with Crippen LogP contribution in [0.2, 0.25) is 0 Å². The van der Waals surface area contributed by atoms with Gasteiger partial charge >= 0.3 is 6.18 Å². The topological polar surface area (TPSA) is 64.9 Å². The summed E-state index contributed by atoms with van der Waals surface area (Å²) in [7, 11) is 1.44. The molecule has 2 heterocycles. The molecular formula is C20H16F3N5O. The van der Waals surface area contributed by atoms with Crippen molar-refractivity contribution in [3.05, 3.63) is 72.3 Å². The third-order valence-electron chi connectivity index (χ3n) is 4.30. The molecule has 0 spiro atoms. The van der Waals surface area contributed by atoms with Gasteiger partial charge in [-0.3, -0.25) is 4.57 Å². The number of fused-ring (bicyclic) bond motifs is 1. The van der Waals surface area contributed by atoms with Crippen LogP contribution >= 0.6 is 0 Å². The van der Waals surface area contributed by atoms with Crippen molar-refractivity contribution in [1.29, 1.82) is 0 Å². The first kappa shape index (κ1) is 18.7. The quantitative estimate of drug-likeness (QED) is 0.537. The van der Waals surface area contributed by atoms with Crippen LogP contribution in [0.5, 0.6) is 5.75 Å². The maximum Gasteiger partial charge on any atom is 0.450 e. The maximum atomic E-state index is 13.6. The standard InChI is InChI=1S/C20H16F3N5O/c1-29-14-7-8-16-15(9-14)27-19(20(21,22)23)28(16)18-12-25-17(11-26-18)24-10-13-5-3-2-4-6-13/h2-9,11-12H,10H2,1H3,(H,24,25). The first-order chi connectivity index (χ1) is 14.0. The van der Waals surface area contributed by atoms with Gasteiger partial charge in [0, 0.05) is 12.6 Å². The second kappa shape index (κ2) is 7.42. The Morgan fingerprint density at radius 2 is 1.83 bits per heavy atom. The Balaban J connectivity index is 1.68. The van der Waals surface area contributed by atoms with Crippen LogP contribution < -0.4 is 10.1 Å². The molecule has 2 aromatic heterocycles. The maximum absolute atomic E-state index is 13.6. The number of anilines is 1. The van der Waals surface area contributed by atoms with Gasteiger partial charge in [0.1, 0.15) is 11.6 Å². The van der Waals surface area contributed by atoms with Gasteiger partial charge in [0.25, 0.3) is 0 Å². The second-order valence-electron chi connectivity index (χ2n) is 6.22. The molecule has 6 nitrogen and oxygen atoms in total. The number of hydrogen-bond acceptors (Lipinski definition) is 5. The average molecular weight is 399 g/mol. The van der Waals surface area contributed by atoms with Crippen LogP contribution in [0.4, 0.5) is 19.0 Å². The van der Waals surface area contributed by atoms with Crippen LogP contribution in [-0.4, -0.2) is 26.6 Å². The number of methoxy groups -OCH3 is 1. The normalized spacial score (nSPS) is 11.6. The Morgan fingerprint density at radius 3 is 2.48 bits per heavy atom. The summed E-state index contributed by atoms with van der Waals surface area (Å²) in [6.45, 7) is 0.524. The predicted octanol–water partition coefficient (Wildman–Crippen LogP) is 4.46. The molecule has 0 aliphatic heterocycles. The molecule has 0 saturated carbocycles. The van der Waals surface area contributed by atoms with E-state index in [1.807, 2.05) is 30.3 Å². The summed E-state index contributed by atoms with van der Waals surface area (Å²) in [5.41, 5.74) is 1.47. The molecule has 29 heavy (non-hydrogen) atoms. The summed E-state index contributed by atoms with van der Waals surface area (Å²) in [4.78, 5) is 12.1. The van der Waals surface area contributed by atoms with Crippen molar-refractivity contribution >= 4 is 16.9 Å². The SMILES string of the molecule is COc1ccc2c(c1)nc(C(F)(F)F)n2-c1cnc(NCc2ccccc2)cn1. The van der Waals surface area contributed by atoms with E-state index in [2.05, 4.69) is 20.3 Å². The molecule has 4 rings (SSSR count). The van der Waals surface area contributed by atoms with Crippen molar-refractivity contribution in [1.82, 2.24) is 19.5 Å². The van der Waals surface area contributed by atoms with Crippen LogP contribution in [-0.2, 0) is 12.7 Å². The number of ether oxygens (including phenoxy) is 1. The fourth-order valence-corrected chi connectivity index (χ4v) is 2.93. The molecule has 2 aromatic carbocycles. The average Bonchev–Trinajstić information content (AvgIpc) is 3.12. The Hall–Kier alpha value is -3.62. The van der Waals surface area contributed by atoms with Gasteiger partial charge in [0.2, 0.25) is 5.82 Å². The smallest absolute Gasteiger partial charge is 0.450 e. The largest absolute Gasteiger partial charge is 0.497 e. The van der Waals surface area contributed by atoms with E-state index in [1.54, 1.807) is 6.07 Å². The number of halogens is 3. The number of rotatable bonds is 5. The van der Waals surface area contributed by atoms with Gasteiger partial charge in [-0.15, -0.1) is 0 Å². The van der Waals surface area contributed by atoms with Gasteiger partial charge in [-0.2, -0.15) is 13.2 Å². The highest BCUT2D eigenvalue weighted by Gasteiger charge is 2.38. The van der Waals surface area contributed by atoms with E-state index >= 15 is 0 Å². The van der Waals surface area contributed by atoms with E-state index in [4.69, 9.17) is 4.74 Å². The highest BCUT2D eigenvalue weighted by molar-refractivity contribution is 5.79. The first-order valence-corrected chi connectivity index (χ1v) is 8.69. The highest BCUT2D eigenvalue weighted by atomic mass is 19.4. The van der Waals surface area contributed by atoms with E-state index in [-0.39, 0.29) is 16.9 Å². The molecule has 0 bridgehead atoms. The fourth-order valence-electron chi connectivity index (χ4n) is 2.93. The molecule has 148 valence electrons. The molecule has 1 N–H and O–H groups in total. The Kier molecular flexibility index (Phi) is 4.79. The van der Waals surface area contributed by atoms with Crippen molar-refractivity contribution in [2.45, 2.75) is 12.7 Å². The Labute approximate surface area is 164 Å². The van der Waals surface area contributed by atoms with Crippen LogP contribution in [0.15, 0.2) is 60.9 Å². The fraction of sp³-hybridized carbons (Fsp3) is 0.150. The minimum absolute atomic E-state index is 0.0234. The number of aromatic nitrogens is 4. The third-order valence-corrected chi connectivity index (χ3v) is 4.30. The monoisotopic (exact) mass is 399 g/mol. The van der Waals surface area contributed by atoms with E-state index in [0.29, 0.717) is 18.1 Å². The Bertz CT molecular complexity index is 1120. The molecule has 0 amide bonds. The summed E-state index contributed by atoms with van der Waals surface area (Å²) >= 11 is 0. The van der Waals surface area contributed by atoms with Gasteiger partial charge in [-0.05, 0) is 17.7 Å². The van der Waals surface area contributed by atoms with Crippen molar-refractivity contribution in [3.63, 3.8) is 0 Å². The third kappa shape index (κ3) is 3.84. The molecule has 0 fully saturated rings. The van der Waals surface area contributed by atoms with Gasteiger partial charge in [-0.1, -0.05) is 30.3 Å². The molecule has 0 unspecified atom stereocenters. The van der Waals surface area contributed by atoms with Crippen LogP contribution in [0, 0.1) is 0 Å². The van der Waals surface area contributed by atoms with Crippen molar-refractivity contribution in [2.24, 2.45) is 0 Å². The van der Waals surface area contributed by atoms with E-state index in [0.717, 1.165) is 10.1 Å². The molecule has 9 heteroatoms. The molecule has 0 saturated heterocycles. The number of nitrogens with one attached hydrogen (secondary N) is 1. The second-order valence-corrected chi connectivity index (χ2v) is 6.22. The molecule has 0 atom stereocenters. The van der Waals surface area contributed by atoms with Crippen molar-refractivity contribution < 1.29 is 17.9 Å². The first-order valence-electron chi connectivity index (χ1n) is 8.69. The lowest BCUT2D eigenvalue weighted by Crippen LogP contribution is -2.15. The van der Waals surface area contributed by atoms with E-state index < -0.39 is 12.0 Å². The van der Waals surface area contributed by atoms with Crippen LogP contribution in [0.3, 0.4) is 0 Å².